The summed E-state index contributed by atoms with van der Waals surface area (Å²) in [5, 5.41) is 8.90. The molecule has 3 heterocycles. The molecule has 1 saturated heterocycles. The quantitative estimate of drug-likeness (QED) is 0.327. The molecule has 0 spiro atoms. The van der Waals surface area contributed by atoms with Gasteiger partial charge in [-0.1, -0.05) is 35.3 Å². The second-order valence-corrected chi connectivity index (χ2v) is 10.2. The van der Waals surface area contributed by atoms with Crippen LogP contribution < -0.4 is 10.6 Å². The Balaban J connectivity index is 1.52. The van der Waals surface area contributed by atoms with Crippen molar-refractivity contribution < 1.29 is 8.78 Å². The van der Waals surface area contributed by atoms with E-state index in [4.69, 9.17) is 28.2 Å². The van der Waals surface area contributed by atoms with Gasteiger partial charge in [-0.25, -0.2) is 13.8 Å². The van der Waals surface area contributed by atoms with Crippen molar-refractivity contribution in [1.29, 1.82) is 0 Å². The van der Waals surface area contributed by atoms with E-state index in [9.17, 15) is 8.78 Å². The lowest BCUT2D eigenvalue weighted by molar-refractivity contribution is 0.507. The van der Waals surface area contributed by atoms with Crippen LogP contribution >= 0.6 is 35.0 Å². The van der Waals surface area contributed by atoms with Gasteiger partial charge < -0.3 is 15.2 Å². The van der Waals surface area contributed by atoms with Gasteiger partial charge in [0.05, 0.1) is 15.7 Å². The highest BCUT2D eigenvalue weighted by molar-refractivity contribution is 8.00. The molecule has 1 unspecified atom stereocenters. The molecule has 2 aromatic carbocycles. The number of benzene rings is 2. The van der Waals surface area contributed by atoms with Crippen LogP contribution in [0.15, 0.2) is 48.7 Å². The fraction of sp³-hybridized carbons (Fsp3) is 0.250. The molecule has 5 rings (SSSR count). The number of rotatable bonds is 6. The SMILES string of the molecule is Fc1ccc(CNc2ncc3cc(-c4c(Cl)cccc4Cl)n(CC4CNCCS4)c3n2)cc1F. The van der Waals surface area contributed by atoms with Crippen LogP contribution in [-0.4, -0.2) is 38.6 Å². The molecule has 34 heavy (non-hydrogen) atoms. The minimum absolute atomic E-state index is 0.259. The van der Waals surface area contributed by atoms with E-state index in [-0.39, 0.29) is 6.54 Å². The summed E-state index contributed by atoms with van der Waals surface area (Å²) in [7, 11) is 0. The van der Waals surface area contributed by atoms with Crippen molar-refractivity contribution in [3.05, 3.63) is 75.9 Å². The third kappa shape index (κ3) is 4.86. The first-order valence-electron chi connectivity index (χ1n) is 10.8. The molecule has 0 aliphatic carbocycles. The topological polar surface area (TPSA) is 54.8 Å². The van der Waals surface area contributed by atoms with E-state index < -0.39 is 11.6 Å². The first-order valence-corrected chi connectivity index (χ1v) is 12.6. The van der Waals surface area contributed by atoms with Crippen LogP contribution in [0.3, 0.4) is 0 Å². The van der Waals surface area contributed by atoms with Crippen molar-refractivity contribution in [2.45, 2.75) is 18.3 Å². The van der Waals surface area contributed by atoms with E-state index in [2.05, 4.69) is 20.2 Å². The average molecular weight is 520 g/mol. The van der Waals surface area contributed by atoms with Crippen molar-refractivity contribution in [2.75, 3.05) is 24.2 Å². The van der Waals surface area contributed by atoms with Crippen LogP contribution in [0.2, 0.25) is 10.0 Å². The number of nitrogens with one attached hydrogen (secondary N) is 2. The predicted molar refractivity (Wildman–Crippen MR) is 136 cm³/mol. The van der Waals surface area contributed by atoms with Gasteiger partial charge in [-0.2, -0.15) is 16.7 Å². The highest BCUT2D eigenvalue weighted by Crippen LogP contribution is 2.38. The minimum Gasteiger partial charge on any atom is -0.350 e. The maximum Gasteiger partial charge on any atom is 0.224 e. The Bertz CT molecular complexity index is 1320. The summed E-state index contributed by atoms with van der Waals surface area (Å²) in [4.78, 5) is 9.17. The molecule has 0 amide bonds. The first-order chi connectivity index (χ1) is 16.5. The molecule has 10 heteroatoms. The molecule has 1 fully saturated rings. The van der Waals surface area contributed by atoms with Crippen LogP contribution in [0.5, 0.6) is 0 Å². The summed E-state index contributed by atoms with van der Waals surface area (Å²) in [6.45, 7) is 2.87. The number of halogens is 4. The Morgan fingerprint density at radius 1 is 1.12 bits per heavy atom. The predicted octanol–water partition coefficient (Wildman–Crippen LogP) is 6.00. The second kappa shape index (κ2) is 10.1. The zero-order valence-corrected chi connectivity index (χ0v) is 20.3. The van der Waals surface area contributed by atoms with Crippen molar-refractivity contribution in [3.8, 4) is 11.3 Å². The molecular formula is C24H21Cl2F2N5S. The number of nitrogens with zero attached hydrogens (tertiary/aromatic N) is 3. The summed E-state index contributed by atoms with van der Waals surface area (Å²) < 4.78 is 28.9. The van der Waals surface area contributed by atoms with Gasteiger partial charge >= 0.3 is 0 Å². The lowest BCUT2D eigenvalue weighted by Crippen LogP contribution is -2.35. The lowest BCUT2D eigenvalue weighted by Gasteiger charge is -2.24. The van der Waals surface area contributed by atoms with Crippen LogP contribution in [0.25, 0.3) is 22.3 Å². The summed E-state index contributed by atoms with van der Waals surface area (Å²) >= 11 is 15.0. The zero-order chi connectivity index (χ0) is 23.7. The van der Waals surface area contributed by atoms with Gasteiger partial charge in [0.1, 0.15) is 5.65 Å². The highest BCUT2D eigenvalue weighted by Gasteiger charge is 2.22. The third-order valence-corrected chi connectivity index (χ3v) is 7.54. The zero-order valence-electron chi connectivity index (χ0n) is 18.0. The fourth-order valence-corrected chi connectivity index (χ4v) is 5.71. The summed E-state index contributed by atoms with van der Waals surface area (Å²) in [5.74, 6) is -0.325. The average Bonchev–Trinajstić information content (AvgIpc) is 3.17. The lowest BCUT2D eigenvalue weighted by atomic mass is 10.1. The molecule has 1 aliphatic rings. The Labute approximate surface area is 209 Å². The Hall–Kier alpha value is -2.39. The van der Waals surface area contributed by atoms with Crippen LogP contribution in [0.4, 0.5) is 14.7 Å². The molecule has 176 valence electrons. The van der Waals surface area contributed by atoms with Crippen molar-refractivity contribution in [2.24, 2.45) is 0 Å². The molecular weight excluding hydrogens is 499 g/mol. The fourth-order valence-electron chi connectivity index (χ4n) is 4.03. The molecule has 1 atom stereocenters. The van der Waals surface area contributed by atoms with E-state index in [0.717, 1.165) is 59.8 Å². The minimum atomic E-state index is -0.885. The van der Waals surface area contributed by atoms with Gasteiger partial charge in [0, 0.05) is 54.3 Å². The van der Waals surface area contributed by atoms with Gasteiger partial charge in [-0.15, -0.1) is 0 Å². The number of hydrogen-bond donors (Lipinski definition) is 2. The van der Waals surface area contributed by atoms with Gasteiger partial charge in [-0.3, -0.25) is 0 Å². The molecule has 4 aromatic rings. The van der Waals surface area contributed by atoms with Crippen molar-refractivity contribution >= 4 is 51.9 Å². The molecule has 0 saturated carbocycles. The molecule has 2 aromatic heterocycles. The maximum absolute atomic E-state index is 13.6. The smallest absolute Gasteiger partial charge is 0.224 e. The Morgan fingerprint density at radius 3 is 2.68 bits per heavy atom. The first kappa shape index (κ1) is 23.4. The summed E-state index contributed by atoms with van der Waals surface area (Å²) in [6, 6.07) is 11.3. The number of hydrogen-bond acceptors (Lipinski definition) is 5. The molecule has 5 nitrogen and oxygen atoms in total. The van der Waals surface area contributed by atoms with E-state index in [1.807, 2.05) is 36.0 Å². The van der Waals surface area contributed by atoms with E-state index in [0.29, 0.717) is 26.8 Å². The number of anilines is 1. The van der Waals surface area contributed by atoms with Gasteiger partial charge in [0.2, 0.25) is 5.95 Å². The van der Waals surface area contributed by atoms with E-state index in [1.54, 1.807) is 6.20 Å². The standard InChI is InChI=1S/C24H21Cl2F2N5S/c25-17-2-1-3-18(26)22(17)21-9-15-11-31-24(30-10-14-4-5-19(27)20(28)8-14)32-23(15)33(21)13-16-12-29-6-7-34-16/h1-5,8-9,11,16,29H,6-7,10,12-13H2,(H,30,31,32). The van der Waals surface area contributed by atoms with Gasteiger partial charge in [-0.05, 0) is 35.9 Å². The number of thioether (sulfide) groups is 1. The Morgan fingerprint density at radius 2 is 1.94 bits per heavy atom. The second-order valence-electron chi connectivity index (χ2n) is 8.01. The summed E-state index contributed by atoms with van der Waals surface area (Å²) in [6.07, 6.45) is 1.74. The largest absolute Gasteiger partial charge is 0.350 e. The van der Waals surface area contributed by atoms with Gasteiger partial charge in [0.25, 0.3) is 0 Å². The van der Waals surface area contributed by atoms with Crippen LogP contribution in [0, 0.1) is 11.6 Å². The monoisotopic (exact) mass is 519 g/mol. The maximum atomic E-state index is 13.6. The normalized spacial score (nSPS) is 16.2. The Kier molecular flexibility index (Phi) is 6.92. The van der Waals surface area contributed by atoms with Crippen LogP contribution in [-0.2, 0) is 13.1 Å². The highest BCUT2D eigenvalue weighted by atomic mass is 35.5. The van der Waals surface area contributed by atoms with E-state index >= 15 is 0 Å². The van der Waals surface area contributed by atoms with Crippen LogP contribution in [0.1, 0.15) is 5.56 Å². The number of fused-ring (bicyclic) bond motifs is 1. The molecule has 0 bridgehead atoms. The molecule has 1 aliphatic heterocycles. The number of aromatic nitrogens is 3. The van der Waals surface area contributed by atoms with Gasteiger partial charge in [0.15, 0.2) is 11.6 Å². The van der Waals surface area contributed by atoms with E-state index in [1.165, 1.54) is 6.07 Å². The third-order valence-electron chi connectivity index (χ3n) is 5.68. The van der Waals surface area contributed by atoms with Crippen molar-refractivity contribution in [3.63, 3.8) is 0 Å². The molecule has 0 radical (unpaired) electrons. The summed E-state index contributed by atoms with van der Waals surface area (Å²) in [5.41, 5.74) is 2.98. The van der Waals surface area contributed by atoms with Crippen molar-refractivity contribution in [1.82, 2.24) is 19.9 Å². The molecule has 2 N–H and O–H groups in total.